The lowest BCUT2D eigenvalue weighted by Crippen LogP contribution is -2.43. The van der Waals surface area contributed by atoms with Gasteiger partial charge in [0.15, 0.2) is 5.79 Å². The van der Waals surface area contributed by atoms with Crippen LogP contribution in [0.5, 0.6) is 0 Å². The molecule has 1 saturated heterocycles. The summed E-state index contributed by atoms with van der Waals surface area (Å²) in [7, 11) is 0. The van der Waals surface area contributed by atoms with E-state index in [1.807, 2.05) is 20.8 Å². The van der Waals surface area contributed by atoms with Crippen molar-refractivity contribution in [1.29, 1.82) is 0 Å². The van der Waals surface area contributed by atoms with Gasteiger partial charge in [0.2, 0.25) is 0 Å². The molecule has 0 aromatic carbocycles. The number of ether oxygens (including phenoxy) is 2. The Labute approximate surface area is 91.1 Å². The van der Waals surface area contributed by atoms with Crippen molar-refractivity contribution in [2.24, 2.45) is 5.92 Å². The molecular weight excluding hydrogens is 192 g/mol. The summed E-state index contributed by atoms with van der Waals surface area (Å²) < 4.78 is 11.7. The van der Waals surface area contributed by atoms with E-state index in [1.165, 1.54) is 0 Å². The fourth-order valence-corrected chi connectivity index (χ4v) is 2.73. The molecule has 15 heavy (non-hydrogen) atoms. The number of aliphatic hydroxyl groups excluding tert-OH is 1. The summed E-state index contributed by atoms with van der Waals surface area (Å²) in [5.74, 6) is -0.502. The van der Waals surface area contributed by atoms with E-state index in [4.69, 9.17) is 9.47 Å². The zero-order valence-electron chi connectivity index (χ0n) is 9.69. The quantitative estimate of drug-likeness (QED) is 0.674. The minimum absolute atomic E-state index is 0.0190. The van der Waals surface area contributed by atoms with Crippen molar-refractivity contribution < 1.29 is 14.6 Å². The van der Waals surface area contributed by atoms with Crippen LogP contribution in [-0.4, -0.2) is 29.2 Å². The van der Waals surface area contributed by atoms with Crippen LogP contribution in [0.1, 0.15) is 33.6 Å². The number of hydrogen-bond acceptors (Lipinski definition) is 3. The molecule has 0 aromatic rings. The Balaban J connectivity index is 2.20. The smallest absolute Gasteiger partial charge is 0.163 e. The van der Waals surface area contributed by atoms with Crippen LogP contribution in [0.15, 0.2) is 12.2 Å². The molecule has 2 fully saturated rings. The molecule has 1 heterocycles. The molecule has 4 atom stereocenters. The van der Waals surface area contributed by atoms with Crippen molar-refractivity contribution >= 4 is 0 Å². The Morgan fingerprint density at radius 1 is 1.33 bits per heavy atom. The molecule has 2 rings (SSSR count). The predicted octanol–water partition coefficient (Wildman–Crippen LogP) is 1.85. The fraction of sp³-hybridized carbons (Fsp3) is 0.833. The van der Waals surface area contributed by atoms with Gasteiger partial charge in [-0.25, -0.2) is 0 Å². The SMILES string of the molecule is C=C(C)[C@H]1[C@@H]2OC(C)(C)O[C@@H]2CC[C@@H]1O. The lowest BCUT2D eigenvalue weighted by Gasteiger charge is -2.35. The molecule has 1 aliphatic carbocycles. The van der Waals surface area contributed by atoms with Gasteiger partial charge < -0.3 is 14.6 Å². The number of fused-ring (bicyclic) bond motifs is 1. The largest absolute Gasteiger partial charge is 0.392 e. The first-order chi connectivity index (χ1) is 6.91. The van der Waals surface area contributed by atoms with Crippen molar-refractivity contribution in [3.63, 3.8) is 0 Å². The first-order valence-corrected chi connectivity index (χ1v) is 5.60. The molecular formula is C12H20O3. The van der Waals surface area contributed by atoms with E-state index >= 15 is 0 Å². The van der Waals surface area contributed by atoms with Crippen LogP contribution in [-0.2, 0) is 9.47 Å². The first kappa shape index (κ1) is 11.1. The van der Waals surface area contributed by atoms with Gasteiger partial charge in [-0.1, -0.05) is 12.2 Å². The molecule has 2 aliphatic rings. The van der Waals surface area contributed by atoms with Gasteiger partial charge in [0, 0.05) is 5.92 Å². The highest BCUT2D eigenvalue weighted by atomic mass is 16.8. The standard InChI is InChI=1S/C12H20O3/c1-7(2)10-8(13)5-6-9-11(10)15-12(3,4)14-9/h8-11,13H,1,5-6H2,2-4H3/t8-,9+,10+,11+/m0/s1. The van der Waals surface area contributed by atoms with Crippen LogP contribution < -0.4 is 0 Å². The summed E-state index contributed by atoms with van der Waals surface area (Å²) in [6.45, 7) is 9.74. The highest BCUT2D eigenvalue weighted by molar-refractivity contribution is 5.09. The van der Waals surface area contributed by atoms with Gasteiger partial charge >= 0.3 is 0 Å². The third-order valence-electron chi connectivity index (χ3n) is 3.31. The van der Waals surface area contributed by atoms with Gasteiger partial charge in [-0.2, -0.15) is 0 Å². The molecule has 1 aliphatic heterocycles. The van der Waals surface area contributed by atoms with E-state index in [1.54, 1.807) is 0 Å². The summed E-state index contributed by atoms with van der Waals surface area (Å²) in [5, 5.41) is 9.96. The third kappa shape index (κ3) is 1.96. The van der Waals surface area contributed by atoms with Crippen molar-refractivity contribution in [2.45, 2.75) is 57.7 Å². The summed E-state index contributed by atoms with van der Waals surface area (Å²) in [5.41, 5.74) is 0.985. The molecule has 0 bridgehead atoms. The minimum Gasteiger partial charge on any atom is -0.392 e. The van der Waals surface area contributed by atoms with Crippen molar-refractivity contribution in [3.8, 4) is 0 Å². The molecule has 86 valence electrons. The Hall–Kier alpha value is -0.380. The van der Waals surface area contributed by atoms with Gasteiger partial charge in [-0.3, -0.25) is 0 Å². The lowest BCUT2D eigenvalue weighted by molar-refractivity contribution is -0.149. The van der Waals surface area contributed by atoms with Gasteiger partial charge in [0.1, 0.15) is 0 Å². The average Bonchev–Trinajstić information content (AvgIpc) is 2.37. The van der Waals surface area contributed by atoms with Gasteiger partial charge in [0.25, 0.3) is 0 Å². The van der Waals surface area contributed by atoms with E-state index in [0.29, 0.717) is 0 Å². The second-order valence-electron chi connectivity index (χ2n) is 5.16. The van der Waals surface area contributed by atoms with Gasteiger partial charge in [0.05, 0.1) is 18.3 Å². The van der Waals surface area contributed by atoms with E-state index in [0.717, 1.165) is 18.4 Å². The van der Waals surface area contributed by atoms with E-state index in [9.17, 15) is 5.11 Å². The number of aliphatic hydroxyl groups is 1. The summed E-state index contributed by atoms with van der Waals surface area (Å²) >= 11 is 0. The zero-order valence-corrected chi connectivity index (χ0v) is 9.69. The summed E-state index contributed by atoms with van der Waals surface area (Å²) in [6.07, 6.45) is 1.41. The zero-order chi connectivity index (χ0) is 11.2. The highest BCUT2D eigenvalue weighted by Crippen LogP contribution is 2.41. The van der Waals surface area contributed by atoms with Crippen LogP contribution in [0.3, 0.4) is 0 Å². The Bertz CT molecular complexity index is 272. The Morgan fingerprint density at radius 2 is 2.00 bits per heavy atom. The van der Waals surface area contributed by atoms with Crippen molar-refractivity contribution in [3.05, 3.63) is 12.2 Å². The predicted molar refractivity (Wildman–Crippen MR) is 57.4 cm³/mol. The third-order valence-corrected chi connectivity index (χ3v) is 3.31. The Morgan fingerprint density at radius 3 is 2.60 bits per heavy atom. The maximum absolute atomic E-state index is 9.96. The van der Waals surface area contributed by atoms with Gasteiger partial charge in [-0.15, -0.1) is 0 Å². The van der Waals surface area contributed by atoms with Crippen molar-refractivity contribution in [1.82, 2.24) is 0 Å². The topological polar surface area (TPSA) is 38.7 Å². The lowest BCUT2D eigenvalue weighted by atomic mass is 9.78. The van der Waals surface area contributed by atoms with Crippen LogP contribution in [0.2, 0.25) is 0 Å². The van der Waals surface area contributed by atoms with Gasteiger partial charge in [-0.05, 0) is 33.6 Å². The van der Waals surface area contributed by atoms with E-state index in [2.05, 4.69) is 6.58 Å². The molecule has 0 radical (unpaired) electrons. The maximum Gasteiger partial charge on any atom is 0.163 e. The van der Waals surface area contributed by atoms with Crippen LogP contribution in [0, 0.1) is 5.92 Å². The second-order valence-corrected chi connectivity index (χ2v) is 5.16. The highest BCUT2D eigenvalue weighted by Gasteiger charge is 2.49. The summed E-state index contributed by atoms with van der Waals surface area (Å²) in [4.78, 5) is 0. The second kappa shape index (κ2) is 3.58. The van der Waals surface area contributed by atoms with E-state index < -0.39 is 5.79 Å². The molecule has 1 N–H and O–H groups in total. The van der Waals surface area contributed by atoms with Crippen LogP contribution in [0.4, 0.5) is 0 Å². The number of rotatable bonds is 1. The average molecular weight is 212 g/mol. The van der Waals surface area contributed by atoms with Crippen LogP contribution >= 0.6 is 0 Å². The first-order valence-electron chi connectivity index (χ1n) is 5.60. The maximum atomic E-state index is 9.96. The molecule has 3 nitrogen and oxygen atoms in total. The molecule has 3 heteroatoms. The molecule has 0 spiro atoms. The van der Waals surface area contributed by atoms with Crippen LogP contribution in [0.25, 0.3) is 0 Å². The molecule has 0 aromatic heterocycles. The summed E-state index contributed by atoms with van der Waals surface area (Å²) in [6, 6.07) is 0. The monoisotopic (exact) mass is 212 g/mol. The fourth-order valence-electron chi connectivity index (χ4n) is 2.73. The molecule has 0 amide bonds. The number of hydrogen-bond donors (Lipinski definition) is 1. The minimum atomic E-state index is -0.521. The normalized spacial score (nSPS) is 43.7. The molecule has 1 saturated carbocycles. The molecule has 0 unspecified atom stereocenters. The Kier molecular flexibility index (Phi) is 2.65. The van der Waals surface area contributed by atoms with Crippen molar-refractivity contribution in [2.75, 3.05) is 0 Å². The van der Waals surface area contributed by atoms with E-state index in [-0.39, 0.29) is 24.2 Å².